The molecule has 3 rings (SSSR count). The fourth-order valence-electron chi connectivity index (χ4n) is 3.18. The SMILES string of the molecule is CCOc1ccc(/C=C/C(=O)N2CCN(c3cccc(C(F)(F)F)c3)CC2)cc1. The Bertz CT molecular complexity index is 855. The summed E-state index contributed by atoms with van der Waals surface area (Å²) in [5.41, 5.74) is 0.757. The lowest BCUT2D eigenvalue weighted by atomic mass is 10.1. The molecule has 0 bridgehead atoms. The predicted octanol–water partition coefficient (Wildman–Crippen LogP) is 4.47. The maximum absolute atomic E-state index is 12.9. The third kappa shape index (κ3) is 5.53. The van der Waals surface area contributed by atoms with Gasteiger partial charge in [0.15, 0.2) is 0 Å². The predicted molar refractivity (Wildman–Crippen MR) is 107 cm³/mol. The minimum atomic E-state index is -4.36. The third-order valence-corrected chi connectivity index (χ3v) is 4.74. The first-order chi connectivity index (χ1) is 13.9. The molecule has 1 saturated heterocycles. The van der Waals surface area contributed by atoms with Crippen molar-refractivity contribution in [3.63, 3.8) is 0 Å². The zero-order valence-electron chi connectivity index (χ0n) is 16.2. The van der Waals surface area contributed by atoms with E-state index in [9.17, 15) is 18.0 Å². The Morgan fingerprint density at radius 2 is 1.76 bits per heavy atom. The second-order valence-corrected chi connectivity index (χ2v) is 6.70. The van der Waals surface area contributed by atoms with E-state index in [0.717, 1.165) is 23.4 Å². The van der Waals surface area contributed by atoms with E-state index in [0.29, 0.717) is 38.5 Å². The van der Waals surface area contributed by atoms with Crippen molar-refractivity contribution < 1.29 is 22.7 Å². The van der Waals surface area contributed by atoms with Gasteiger partial charge < -0.3 is 14.5 Å². The topological polar surface area (TPSA) is 32.8 Å². The van der Waals surface area contributed by atoms with Gasteiger partial charge in [0.05, 0.1) is 12.2 Å². The second kappa shape index (κ2) is 9.03. The summed E-state index contributed by atoms with van der Waals surface area (Å²) >= 11 is 0. The van der Waals surface area contributed by atoms with Gasteiger partial charge in [0.1, 0.15) is 5.75 Å². The maximum atomic E-state index is 12.9. The number of anilines is 1. The van der Waals surface area contributed by atoms with Gasteiger partial charge >= 0.3 is 6.18 Å². The largest absolute Gasteiger partial charge is 0.494 e. The molecule has 1 heterocycles. The van der Waals surface area contributed by atoms with Crippen molar-refractivity contribution in [1.82, 2.24) is 4.90 Å². The number of hydrogen-bond donors (Lipinski definition) is 0. The minimum Gasteiger partial charge on any atom is -0.494 e. The summed E-state index contributed by atoms with van der Waals surface area (Å²) in [4.78, 5) is 16.0. The standard InChI is InChI=1S/C22H23F3N2O2/c1-2-29-20-9-6-17(7-10-20)8-11-21(28)27-14-12-26(13-15-27)19-5-3-4-18(16-19)22(23,24)25/h3-11,16H,2,12-15H2,1H3/b11-8+. The number of ether oxygens (including phenoxy) is 1. The lowest BCUT2D eigenvalue weighted by Crippen LogP contribution is -2.48. The molecule has 1 fully saturated rings. The molecule has 0 spiro atoms. The molecular formula is C22H23F3N2O2. The molecule has 154 valence electrons. The van der Waals surface area contributed by atoms with Gasteiger partial charge in [-0.3, -0.25) is 4.79 Å². The average Bonchev–Trinajstić information content (AvgIpc) is 2.73. The number of halogens is 3. The lowest BCUT2D eigenvalue weighted by molar-refractivity contribution is -0.137. The van der Waals surface area contributed by atoms with Gasteiger partial charge in [-0.15, -0.1) is 0 Å². The number of rotatable bonds is 5. The fraction of sp³-hybridized carbons (Fsp3) is 0.318. The van der Waals surface area contributed by atoms with E-state index in [1.54, 1.807) is 17.0 Å². The Labute approximate surface area is 168 Å². The van der Waals surface area contributed by atoms with Gasteiger partial charge in [-0.25, -0.2) is 0 Å². The number of piperazine rings is 1. The number of amides is 1. The van der Waals surface area contributed by atoms with Crippen LogP contribution in [0, 0.1) is 0 Å². The summed E-state index contributed by atoms with van der Waals surface area (Å²) < 4.78 is 44.1. The molecule has 0 aromatic heterocycles. The summed E-state index contributed by atoms with van der Waals surface area (Å²) in [6.45, 7) is 4.42. The number of hydrogen-bond acceptors (Lipinski definition) is 3. The molecule has 2 aromatic rings. The Morgan fingerprint density at radius 3 is 2.38 bits per heavy atom. The highest BCUT2D eigenvalue weighted by Crippen LogP contribution is 2.31. The Balaban J connectivity index is 1.55. The van der Waals surface area contributed by atoms with E-state index in [2.05, 4.69) is 0 Å². The highest BCUT2D eigenvalue weighted by Gasteiger charge is 2.31. The monoisotopic (exact) mass is 404 g/mol. The minimum absolute atomic E-state index is 0.109. The normalized spacial score (nSPS) is 15.0. The smallest absolute Gasteiger partial charge is 0.416 e. The van der Waals surface area contributed by atoms with Crippen LogP contribution in [-0.2, 0) is 11.0 Å². The molecule has 0 aliphatic carbocycles. The summed E-state index contributed by atoms with van der Waals surface area (Å²) in [5, 5.41) is 0. The maximum Gasteiger partial charge on any atom is 0.416 e. The van der Waals surface area contributed by atoms with Gasteiger partial charge in [-0.1, -0.05) is 18.2 Å². The number of alkyl halides is 3. The van der Waals surface area contributed by atoms with E-state index < -0.39 is 11.7 Å². The number of nitrogens with zero attached hydrogens (tertiary/aromatic N) is 2. The highest BCUT2D eigenvalue weighted by atomic mass is 19.4. The van der Waals surface area contributed by atoms with E-state index in [4.69, 9.17) is 4.74 Å². The van der Waals surface area contributed by atoms with E-state index in [1.807, 2.05) is 36.1 Å². The van der Waals surface area contributed by atoms with Crippen molar-refractivity contribution in [1.29, 1.82) is 0 Å². The summed E-state index contributed by atoms with van der Waals surface area (Å²) in [5.74, 6) is 0.671. The molecule has 1 aliphatic heterocycles. The lowest BCUT2D eigenvalue weighted by Gasteiger charge is -2.35. The molecule has 4 nitrogen and oxygen atoms in total. The first-order valence-corrected chi connectivity index (χ1v) is 9.49. The van der Waals surface area contributed by atoms with Crippen molar-refractivity contribution in [2.45, 2.75) is 13.1 Å². The van der Waals surface area contributed by atoms with Crippen LogP contribution in [0.4, 0.5) is 18.9 Å². The van der Waals surface area contributed by atoms with Crippen LogP contribution in [0.25, 0.3) is 6.08 Å². The Morgan fingerprint density at radius 1 is 1.07 bits per heavy atom. The van der Waals surface area contributed by atoms with E-state index >= 15 is 0 Å². The van der Waals surface area contributed by atoms with Gasteiger partial charge in [0.25, 0.3) is 0 Å². The average molecular weight is 404 g/mol. The summed E-state index contributed by atoms with van der Waals surface area (Å²) in [7, 11) is 0. The quantitative estimate of drug-likeness (QED) is 0.690. The Kier molecular flexibility index (Phi) is 6.46. The van der Waals surface area contributed by atoms with Crippen LogP contribution in [0.3, 0.4) is 0 Å². The number of benzene rings is 2. The second-order valence-electron chi connectivity index (χ2n) is 6.70. The van der Waals surface area contributed by atoms with Crippen molar-refractivity contribution in [3.05, 3.63) is 65.7 Å². The van der Waals surface area contributed by atoms with Crippen LogP contribution in [0.15, 0.2) is 54.6 Å². The van der Waals surface area contributed by atoms with Crippen molar-refractivity contribution in [2.24, 2.45) is 0 Å². The van der Waals surface area contributed by atoms with E-state index in [1.165, 1.54) is 12.1 Å². The zero-order chi connectivity index (χ0) is 20.9. The van der Waals surface area contributed by atoms with Crippen molar-refractivity contribution in [3.8, 4) is 5.75 Å². The zero-order valence-corrected chi connectivity index (χ0v) is 16.2. The number of carbonyl (C=O) groups is 1. The van der Waals surface area contributed by atoms with Crippen LogP contribution in [-0.4, -0.2) is 43.6 Å². The molecule has 0 atom stereocenters. The van der Waals surface area contributed by atoms with Crippen LogP contribution in [0.5, 0.6) is 5.75 Å². The molecule has 0 unspecified atom stereocenters. The summed E-state index contributed by atoms with van der Waals surface area (Å²) in [6.07, 6.45) is -1.09. The van der Waals surface area contributed by atoms with Crippen molar-refractivity contribution in [2.75, 3.05) is 37.7 Å². The van der Waals surface area contributed by atoms with Crippen molar-refractivity contribution >= 4 is 17.7 Å². The molecule has 1 aliphatic rings. The first-order valence-electron chi connectivity index (χ1n) is 9.49. The van der Waals surface area contributed by atoms with Gasteiger partial charge in [-0.2, -0.15) is 13.2 Å². The van der Waals surface area contributed by atoms with E-state index in [-0.39, 0.29) is 5.91 Å². The highest BCUT2D eigenvalue weighted by molar-refractivity contribution is 5.92. The van der Waals surface area contributed by atoms with Crippen LogP contribution in [0.1, 0.15) is 18.1 Å². The van der Waals surface area contributed by atoms with Gasteiger partial charge in [0, 0.05) is 37.9 Å². The fourth-order valence-corrected chi connectivity index (χ4v) is 3.18. The van der Waals surface area contributed by atoms with Crippen LogP contribution >= 0.6 is 0 Å². The molecule has 7 heteroatoms. The molecule has 0 radical (unpaired) electrons. The van der Waals surface area contributed by atoms with Crippen LogP contribution in [0.2, 0.25) is 0 Å². The first kappa shape index (κ1) is 20.8. The molecule has 0 N–H and O–H groups in total. The Hall–Kier alpha value is -2.96. The molecule has 29 heavy (non-hydrogen) atoms. The van der Waals surface area contributed by atoms with Crippen LogP contribution < -0.4 is 9.64 Å². The molecular weight excluding hydrogens is 381 g/mol. The van der Waals surface area contributed by atoms with Gasteiger partial charge in [-0.05, 0) is 48.9 Å². The molecule has 2 aromatic carbocycles. The number of carbonyl (C=O) groups excluding carboxylic acids is 1. The van der Waals surface area contributed by atoms with Gasteiger partial charge in [0.2, 0.25) is 5.91 Å². The molecule has 0 saturated carbocycles. The third-order valence-electron chi connectivity index (χ3n) is 4.74. The summed E-state index contributed by atoms with van der Waals surface area (Å²) in [6, 6.07) is 12.7. The molecule has 1 amide bonds.